The smallest absolute Gasteiger partial charge is 0.273 e. The van der Waals surface area contributed by atoms with Crippen LogP contribution in [-0.2, 0) is 4.74 Å². The zero-order valence-electron chi connectivity index (χ0n) is 21.2. The van der Waals surface area contributed by atoms with Crippen LogP contribution in [0.2, 0.25) is 0 Å². The number of hydrogen-bond donors (Lipinski definition) is 2. The van der Waals surface area contributed by atoms with Crippen LogP contribution in [0.5, 0.6) is 11.5 Å². The number of amides is 1. The summed E-state index contributed by atoms with van der Waals surface area (Å²) in [6.45, 7) is 11.8. The normalized spacial score (nSPS) is 15.2. The molecule has 2 heterocycles. The molecule has 4 rings (SSSR count). The van der Waals surface area contributed by atoms with Gasteiger partial charge in [-0.1, -0.05) is 25.1 Å². The minimum Gasteiger partial charge on any atom is -0.507 e. The molecule has 2 aromatic carbocycles. The molecule has 0 spiro atoms. The van der Waals surface area contributed by atoms with Gasteiger partial charge < -0.3 is 19.5 Å². The maximum absolute atomic E-state index is 13.5. The van der Waals surface area contributed by atoms with Crippen molar-refractivity contribution in [2.75, 3.05) is 19.8 Å². The third-order valence-corrected chi connectivity index (χ3v) is 6.22. The van der Waals surface area contributed by atoms with Crippen LogP contribution in [0.25, 0.3) is 11.3 Å². The average molecular weight is 478 g/mol. The number of H-pyrrole nitrogens is 1. The van der Waals surface area contributed by atoms with Crippen LogP contribution in [0.4, 0.5) is 0 Å². The van der Waals surface area contributed by atoms with Crippen LogP contribution >= 0.6 is 0 Å². The second-order valence-corrected chi connectivity index (χ2v) is 9.43. The molecule has 7 heteroatoms. The number of aryl methyl sites for hydroxylation is 2. The molecule has 1 aliphatic heterocycles. The van der Waals surface area contributed by atoms with E-state index in [1.807, 2.05) is 62.9 Å². The van der Waals surface area contributed by atoms with Crippen LogP contribution in [-0.4, -0.2) is 52.0 Å². The topological polar surface area (TPSA) is 87.7 Å². The van der Waals surface area contributed by atoms with E-state index >= 15 is 0 Å². The van der Waals surface area contributed by atoms with E-state index in [9.17, 15) is 9.90 Å². The first kappa shape index (κ1) is 24.8. The number of aromatic amines is 1. The van der Waals surface area contributed by atoms with E-state index in [1.165, 1.54) is 0 Å². The Bertz CT molecular complexity index is 1160. The number of nitrogens with zero attached hydrogens (tertiary/aromatic N) is 2. The molecule has 3 aromatic rings. The van der Waals surface area contributed by atoms with Gasteiger partial charge >= 0.3 is 0 Å². The molecule has 1 atom stereocenters. The monoisotopic (exact) mass is 477 g/mol. The van der Waals surface area contributed by atoms with Crippen molar-refractivity contribution >= 4 is 5.91 Å². The van der Waals surface area contributed by atoms with Gasteiger partial charge in [-0.25, -0.2) is 0 Å². The van der Waals surface area contributed by atoms with Gasteiger partial charge in [0.05, 0.1) is 18.8 Å². The third kappa shape index (κ3) is 5.05. The standard InChI is InChI=1S/C28H35N3O4/c1-6-13-35-21-10-8-20(9-11-21)27-24-25(23-19(5)15-18(4)16-22(23)32)29-30-26(24)28(33)31(27)12-7-14-34-17(2)3/h8-11,15-17,27,32H,6-7,12-14H2,1-5H3,(H,29,30). The van der Waals surface area contributed by atoms with Gasteiger partial charge in [-0.2, -0.15) is 5.10 Å². The number of carbonyl (C=O) groups is 1. The van der Waals surface area contributed by atoms with Crippen molar-refractivity contribution in [3.05, 3.63) is 64.3 Å². The number of carbonyl (C=O) groups excluding carboxylic acids is 1. The maximum Gasteiger partial charge on any atom is 0.273 e. The van der Waals surface area contributed by atoms with Gasteiger partial charge in [-0.05, 0) is 75.4 Å². The number of hydrogen-bond acceptors (Lipinski definition) is 5. The summed E-state index contributed by atoms with van der Waals surface area (Å²) in [6.07, 6.45) is 1.80. The Morgan fingerprint density at radius 2 is 1.89 bits per heavy atom. The molecule has 0 bridgehead atoms. The lowest BCUT2D eigenvalue weighted by molar-refractivity contribution is 0.0601. The number of aromatic nitrogens is 2. The van der Waals surface area contributed by atoms with Crippen molar-refractivity contribution in [1.29, 1.82) is 0 Å². The fourth-order valence-electron chi connectivity index (χ4n) is 4.74. The number of rotatable bonds is 10. The van der Waals surface area contributed by atoms with E-state index in [-0.39, 0.29) is 23.8 Å². The Balaban J connectivity index is 1.75. The van der Waals surface area contributed by atoms with Crippen LogP contribution in [0, 0.1) is 13.8 Å². The Kier molecular flexibility index (Phi) is 7.45. The highest BCUT2D eigenvalue weighted by Gasteiger charge is 2.42. The number of phenols is 1. The second kappa shape index (κ2) is 10.5. The van der Waals surface area contributed by atoms with E-state index in [0.29, 0.717) is 36.7 Å². The first-order valence-electron chi connectivity index (χ1n) is 12.4. The zero-order valence-corrected chi connectivity index (χ0v) is 21.2. The predicted molar refractivity (Wildman–Crippen MR) is 136 cm³/mol. The molecule has 1 aliphatic rings. The molecule has 0 radical (unpaired) electrons. The molecule has 1 aromatic heterocycles. The molecule has 1 unspecified atom stereocenters. The highest BCUT2D eigenvalue weighted by Crippen LogP contribution is 2.45. The predicted octanol–water partition coefficient (Wildman–Crippen LogP) is 5.55. The average Bonchev–Trinajstić information content (AvgIpc) is 3.34. The molecule has 0 fully saturated rings. The first-order valence-corrected chi connectivity index (χ1v) is 12.4. The molecule has 186 valence electrons. The summed E-state index contributed by atoms with van der Waals surface area (Å²) in [6, 6.07) is 11.3. The second-order valence-electron chi connectivity index (χ2n) is 9.43. The van der Waals surface area contributed by atoms with E-state index in [2.05, 4.69) is 17.1 Å². The summed E-state index contributed by atoms with van der Waals surface area (Å²) >= 11 is 0. The van der Waals surface area contributed by atoms with E-state index in [4.69, 9.17) is 9.47 Å². The summed E-state index contributed by atoms with van der Waals surface area (Å²) in [4.78, 5) is 15.4. The SMILES string of the molecule is CCCOc1ccc(C2c3c(-c4c(C)cc(C)cc4O)n[nH]c3C(=O)N2CCCOC(C)C)cc1. The number of nitrogens with one attached hydrogen (secondary N) is 1. The lowest BCUT2D eigenvalue weighted by Crippen LogP contribution is -2.31. The molecule has 2 N–H and O–H groups in total. The zero-order chi connectivity index (χ0) is 25.1. The van der Waals surface area contributed by atoms with Crippen molar-refractivity contribution in [2.24, 2.45) is 0 Å². The summed E-state index contributed by atoms with van der Waals surface area (Å²) in [5.41, 5.74) is 5.38. The van der Waals surface area contributed by atoms with Gasteiger partial charge in [0.2, 0.25) is 0 Å². The van der Waals surface area contributed by atoms with Crippen molar-refractivity contribution in [1.82, 2.24) is 15.1 Å². The molecule has 35 heavy (non-hydrogen) atoms. The summed E-state index contributed by atoms with van der Waals surface area (Å²) < 4.78 is 11.5. The fraction of sp³-hybridized carbons (Fsp3) is 0.429. The first-order chi connectivity index (χ1) is 16.8. The number of benzene rings is 2. The molecule has 1 amide bonds. The van der Waals surface area contributed by atoms with Crippen molar-refractivity contribution in [2.45, 2.75) is 59.6 Å². The quantitative estimate of drug-likeness (QED) is 0.374. The van der Waals surface area contributed by atoms with Crippen molar-refractivity contribution in [3.8, 4) is 22.8 Å². The van der Waals surface area contributed by atoms with E-state index in [1.54, 1.807) is 6.07 Å². The van der Waals surface area contributed by atoms with Crippen molar-refractivity contribution < 1.29 is 19.4 Å². The number of ether oxygens (including phenoxy) is 2. The van der Waals surface area contributed by atoms with Gasteiger partial charge in [0.1, 0.15) is 22.9 Å². The molecule has 7 nitrogen and oxygen atoms in total. The Labute approximate surface area is 207 Å². The summed E-state index contributed by atoms with van der Waals surface area (Å²) in [5.74, 6) is 0.871. The Hall–Kier alpha value is -3.32. The lowest BCUT2D eigenvalue weighted by atomic mass is 9.93. The molecule has 0 saturated heterocycles. The lowest BCUT2D eigenvalue weighted by Gasteiger charge is -2.27. The molecule has 0 saturated carbocycles. The maximum atomic E-state index is 13.5. The minimum atomic E-state index is -0.328. The molecule has 0 aliphatic carbocycles. The largest absolute Gasteiger partial charge is 0.507 e. The van der Waals surface area contributed by atoms with Gasteiger partial charge in [0.25, 0.3) is 5.91 Å². The third-order valence-electron chi connectivity index (χ3n) is 6.22. The highest BCUT2D eigenvalue weighted by atomic mass is 16.5. The van der Waals surface area contributed by atoms with Gasteiger partial charge in [-0.3, -0.25) is 9.89 Å². The number of phenolic OH excluding ortho intramolecular Hbond substituents is 1. The van der Waals surface area contributed by atoms with Gasteiger partial charge in [0, 0.05) is 24.3 Å². The van der Waals surface area contributed by atoms with Gasteiger partial charge in [0.15, 0.2) is 0 Å². The van der Waals surface area contributed by atoms with Crippen molar-refractivity contribution in [3.63, 3.8) is 0 Å². The number of fused-ring (bicyclic) bond motifs is 1. The van der Waals surface area contributed by atoms with Crippen LogP contribution in [0.15, 0.2) is 36.4 Å². The minimum absolute atomic E-state index is 0.0936. The fourth-order valence-corrected chi connectivity index (χ4v) is 4.74. The Morgan fingerprint density at radius 1 is 1.14 bits per heavy atom. The summed E-state index contributed by atoms with van der Waals surface area (Å²) in [7, 11) is 0. The highest BCUT2D eigenvalue weighted by molar-refractivity contribution is 6.00. The van der Waals surface area contributed by atoms with E-state index in [0.717, 1.165) is 40.8 Å². The molecular weight excluding hydrogens is 442 g/mol. The van der Waals surface area contributed by atoms with E-state index < -0.39 is 0 Å². The van der Waals surface area contributed by atoms with Crippen LogP contribution in [0.1, 0.15) is 72.4 Å². The van der Waals surface area contributed by atoms with Gasteiger partial charge in [-0.15, -0.1) is 0 Å². The Morgan fingerprint density at radius 3 is 2.54 bits per heavy atom. The number of aromatic hydroxyl groups is 1. The van der Waals surface area contributed by atoms with Crippen LogP contribution in [0.3, 0.4) is 0 Å². The van der Waals surface area contributed by atoms with Crippen LogP contribution < -0.4 is 4.74 Å². The summed E-state index contributed by atoms with van der Waals surface area (Å²) in [5, 5.41) is 18.3. The molecular formula is C28H35N3O4.